The van der Waals surface area contributed by atoms with Crippen LogP contribution in [0.2, 0.25) is 10.0 Å². The number of hydrogen-bond acceptors (Lipinski definition) is 6. The number of aromatic nitrogens is 1. The first kappa shape index (κ1) is 23.4. The second-order valence-corrected chi connectivity index (χ2v) is 9.86. The lowest BCUT2D eigenvalue weighted by molar-refractivity contribution is -0.132. The van der Waals surface area contributed by atoms with E-state index in [1.54, 1.807) is 37.4 Å². The maximum Gasteiger partial charge on any atom is 0.301 e. The van der Waals surface area contributed by atoms with Crippen LogP contribution >= 0.6 is 34.5 Å². The van der Waals surface area contributed by atoms with Crippen LogP contribution in [0.15, 0.2) is 66.2 Å². The van der Waals surface area contributed by atoms with E-state index in [2.05, 4.69) is 4.98 Å². The number of thiazole rings is 1. The lowest BCUT2D eigenvalue weighted by Gasteiger charge is -2.23. The molecule has 1 amide bonds. The van der Waals surface area contributed by atoms with Gasteiger partial charge in [-0.05, 0) is 60.5 Å². The molecule has 6 nitrogen and oxygen atoms in total. The number of fused-ring (bicyclic) bond motifs is 1. The lowest BCUT2D eigenvalue weighted by atomic mass is 9.95. The third-order valence-electron chi connectivity index (χ3n) is 5.81. The SMILES string of the molecule is COc1ccc(C2/C(=C(\O)c3ccc(Cl)c(Cl)c3)C(=O)C(=O)N2c2nc3ccc(C)cc3s2)cc1. The Kier molecular flexibility index (Phi) is 6.01. The van der Waals surface area contributed by atoms with Gasteiger partial charge in [-0.2, -0.15) is 0 Å². The van der Waals surface area contributed by atoms with Crippen molar-refractivity contribution in [2.24, 2.45) is 0 Å². The van der Waals surface area contributed by atoms with Crippen LogP contribution in [0.25, 0.3) is 16.0 Å². The van der Waals surface area contributed by atoms with Crippen LogP contribution in [0.4, 0.5) is 5.13 Å². The number of ketones is 1. The van der Waals surface area contributed by atoms with Gasteiger partial charge in [-0.25, -0.2) is 4.98 Å². The average Bonchev–Trinajstić information content (AvgIpc) is 3.38. The molecule has 35 heavy (non-hydrogen) atoms. The molecule has 1 aromatic heterocycles. The van der Waals surface area contributed by atoms with E-state index in [-0.39, 0.29) is 21.9 Å². The normalized spacial score (nSPS) is 17.4. The van der Waals surface area contributed by atoms with E-state index in [0.717, 1.165) is 15.8 Å². The molecule has 2 heterocycles. The summed E-state index contributed by atoms with van der Waals surface area (Å²) in [6, 6.07) is 16.4. The monoisotopic (exact) mass is 524 g/mol. The van der Waals surface area contributed by atoms with E-state index < -0.39 is 17.7 Å². The second-order valence-electron chi connectivity index (χ2n) is 8.04. The first-order valence-corrected chi connectivity index (χ1v) is 12.1. The van der Waals surface area contributed by atoms with Crippen molar-refractivity contribution < 1.29 is 19.4 Å². The number of halogens is 2. The van der Waals surface area contributed by atoms with Crippen LogP contribution in [0, 0.1) is 6.92 Å². The molecule has 1 unspecified atom stereocenters. The summed E-state index contributed by atoms with van der Waals surface area (Å²) in [4.78, 5) is 32.6. The highest BCUT2D eigenvalue weighted by molar-refractivity contribution is 7.22. The molecule has 0 aliphatic carbocycles. The Morgan fingerprint density at radius 1 is 1.03 bits per heavy atom. The fourth-order valence-electron chi connectivity index (χ4n) is 4.05. The first-order valence-electron chi connectivity index (χ1n) is 10.6. The molecule has 1 saturated heterocycles. The fraction of sp³-hybridized carbons (Fsp3) is 0.115. The topological polar surface area (TPSA) is 79.7 Å². The maximum absolute atomic E-state index is 13.3. The summed E-state index contributed by atoms with van der Waals surface area (Å²) < 4.78 is 6.15. The second kappa shape index (κ2) is 9.00. The van der Waals surface area contributed by atoms with Gasteiger partial charge in [0, 0.05) is 5.56 Å². The van der Waals surface area contributed by atoms with Crippen LogP contribution < -0.4 is 9.64 Å². The third kappa shape index (κ3) is 4.05. The molecule has 1 N–H and O–H groups in total. The zero-order chi connectivity index (χ0) is 24.9. The smallest absolute Gasteiger partial charge is 0.301 e. The van der Waals surface area contributed by atoms with Crippen molar-refractivity contribution in [3.05, 3.63) is 93.0 Å². The molecule has 0 bridgehead atoms. The van der Waals surface area contributed by atoms with Gasteiger partial charge < -0.3 is 9.84 Å². The Labute approximate surface area is 215 Å². The number of aliphatic hydroxyl groups is 1. The Morgan fingerprint density at radius 3 is 2.46 bits per heavy atom. The summed E-state index contributed by atoms with van der Waals surface area (Å²) >= 11 is 13.5. The van der Waals surface area contributed by atoms with Gasteiger partial charge in [0.1, 0.15) is 11.5 Å². The van der Waals surface area contributed by atoms with Crippen LogP contribution in [0.3, 0.4) is 0 Å². The molecule has 1 aliphatic rings. The Morgan fingerprint density at radius 2 is 1.77 bits per heavy atom. The molecule has 0 radical (unpaired) electrons. The fourth-order valence-corrected chi connectivity index (χ4v) is 5.44. The van der Waals surface area contributed by atoms with Gasteiger partial charge in [0.15, 0.2) is 5.13 Å². The highest BCUT2D eigenvalue weighted by Gasteiger charge is 2.48. The number of carbonyl (C=O) groups excluding carboxylic acids is 2. The molecular weight excluding hydrogens is 507 g/mol. The van der Waals surface area contributed by atoms with E-state index in [1.807, 2.05) is 25.1 Å². The van der Waals surface area contributed by atoms with Crippen LogP contribution in [-0.2, 0) is 9.59 Å². The van der Waals surface area contributed by atoms with E-state index in [0.29, 0.717) is 21.5 Å². The van der Waals surface area contributed by atoms with Crippen molar-refractivity contribution in [3.63, 3.8) is 0 Å². The molecule has 5 rings (SSSR count). The molecule has 1 fully saturated rings. The van der Waals surface area contributed by atoms with Gasteiger partial charge in [0.25, 0.3) is 5.78 Å². The number of amides is 1. The molecule has 0 saturated carbocycles. The number of carbonyl (C=O) groups is 2. The minimum absolute atomic E-state index is 0.0611. The Bertz CT molecular complexity index is 1530. The minimum atomic E-state index is -0.906. The van der Waals surface area contributed by atoms with Gasteiger partial charge in [-0.15, -0.1) is 0 Å². The maximum atomic E-state index is 13.3. The van der Waals surface area contributed by atoms with Crippen molar-refractivity contribution in [2.75, 3.05) is 12.0 Å². The Hall–Kier alpha value is -3.39. The van der Waals surface area contributed by atoms with Gasteiger partial charge >= 0.3 is 5.91 Å². The van der Waals surface area contributed by atoms with Gasteiger partial charge in [0.2, 0.25) is 0 Å². The number of anilines is 1. The summed E-state index contributed by atoms with van der Waals surface area (Å²) in [7, 11) is 1.55. The Balaban J connectivity index is 1.73. The van der Waals surface area contributed by atoms with Crippen LogP contribution in [-0.4, -0.2) is 28.9 Å². The zero-order valence-electron chi connectivity index (χ0n) is 18.6. The number of aliphatic hydroxyl groups excluding tert-OH is 1. The van der Waals surface area contributed by atoms with Crippen LogP contribution in [0.1, 0.15) is 22.7 Å². The van der Waals surface area contributed by atoms with E-state index in [9.17, 15) is 14.7 Å². The van der Waals surface area contributed by atoms with Gasteiger partial charge in [0.05, 0.1) is 39.0 Å². The van der Waals surface area contributed by atoms with Crippen molar-refractivity contribution >= 4 is 67.3 Å². The first-order chi connectivity index (χ1) is 16.8. The van der Waals surface area contributed by atoms with E-state index in [1.165, 1.54) is 28.4 Å². The van der Waals surface area contributed by atoms with Gasteiger partial charge in [-0.3, -0.25) is 14.5 Å². The number of aryl methyl sites for hydroxylation is 1. The summed E-state index contributed by atoms with van der Waals surface area (Å²) in [5.41, 5.74) is 2.60. The molecule has 1 atom stereocenters. The quantitative estimate of drug-likeness (QED) is 0.186. The zero-order valence-corrected chi connectivity index (χ0v) is 20.9. The van der Waals surface area contributed by atoms with Gasteiger partial charge in [-0.1, -0.05) is 52.7 Å². The molecule has 4 aromatic rings. The van der Waals surface area contributed by atoms with Crippen molar-refractivity contribution in [1.29, 1.82) is 0 Å². The summed E-state index contributed by atoms with van der Waals surface area (Å²) in [5, 5.41) is 12.1. The summed E-state index contributed by atoms with van der Waals surface area (Å²) in [5.74, 6) is -1.32. The van der Waals surface area contributed by atoms with E-state index >= 15 is 0 Å². The van der Waals surface area contributed by atoms with Crippen LogP contribution in [0.5, 0.6) is 5.75 Å². The van der Waals surface area contributed by atoms with E-state index in [4.69, 9.17) is 27.9 Å². The number of benzene rings is 3. The molecule has 0 spiro atoms. The van der Waals surface area contributed by atoms with Crippen molar-refractivity contribution in [1.82, 2.24) is 4.98 Å². The molecular formula is C26H18Cl2N2O4S. The highest BCUT2D eigenvalue weighted by Crippen LogP contribution is 2.45. The number of methoxy groups -OCH3 is 1. The van der Waals surface area contributed by atoms with Crippen molar-refractivity contribution in [3.8, 4) is 5.75 Å². The molecule has 9 heteroatoms. The number of nitrogens with zero attached hydrogens (tertiary/aromatic N) is 2. The van der Waals surface area contributed by atoms with Crippen molar-refractivity contribution in [2.45, 2.75) is 13.0 Å². The minimum Gasteiger partial charge on any atom is -0.507 e. The lowest BCUT2D eigenvalue weighted by Crippen LogP contribution is -2.29. The molecule has 176 valence electrons. The number of hydrogen-bond donors (Lipinski definition) is 1. The number of Topliss-reactive ketones (excluding diaryl/α,β-unsaturated/α-hetero) is 1. The predicted octanol–water partition coefficient (Wildman–Crippen LogP) is 6.55. The molecule has 1 aliphatic heterocycles. The summed E-state index contributed by atoms with van der Waals surface area (Å²) in [6.45, 7) is 1.97. The number of ether oxygens (including phenoxy) is 1. The standard InChI is InChI=1S/C26H18Cl2N2O4S/c1-13-3-10-19-20(11-13)35-26(29-19)30-22(14-4-7-16(34-2)8-5-14)21(24(32)25(30)33)23(31)15-6-9-17(27)18(28)12-15/h3-12,22,31H,1-2H3/b23-21+. The summed E-state index contributed by atoms with van der Waals surface area (Å²) in [6.07, 6.45) is 0. The highest BCUT2D eigenvalue weighted by atomic mass is 35.5. The largest absolute Gasteiger partial charge is 0.507 e. The predicted molar refractivity (Wildman–Crippen MR) is 139 cm³/mol. The number of rotatable bonds is 4. The third-order valence-corrected chi connectivity index (χ3v) is 7.56. The average molecular weight is 525 g/mol. The molecule has 3 aromatic carbocycles.